The van der Waals surface area contributed by atoms with Crippen LogP contribution in [0.5, 0.6) is 0 Å². The highest BCUT2D eigenvalue weighted by molar-refractivity contribution is 7.00. The van der Waals surface area contributed by atoms with Gasteiger partial charge in [-0.15, -0.1) is 0 Å². The summed E-state index contributed by atoms with van der Waals surface area (Å²) >= 11 is 0. The topological polar surface area (TPSA) is 22.9 Å². The molecular formula is C76H72BN3O. The first kappa shape index (κ1) is 51.9. The van der Waals surface area contributed by atoms with Crippen LogP contribution in [0.15, 0.2) is 223 Å². The van der Waals surface area contributed by atoms with E-state index in [0.29, 0.717) is 0 Å². The summed E-state index contributed by atoms with van der Waals surface area (Å²) in [7, 11) is 0. The summed E-state index contributed by atoms with van der Waals surface area (Å²) in [5.41, 5.74) is 25.4. The van der Waals surface area contributed by atoms with Gasteiger partial charge in [0.05, 0.1) is 0 Å². The zero-order valence-electron chi connectivity index (χ0n) is 49.1. The molecule has 0 atom stereocenters. The predicted octanol–water partition coefficient (Wildman–Crippen LogP) is 19.7. The first-order valence-corrected chi connectivity index (χ1v) is 28.9. The van der Waals surface area contributed by atoms with Crippen molar-refractivity contribution in [1.29, 1.82) is 0 Å². The molecule has 0 fully saturated rings. The van der Waals surface area contributed by atoms with Crippen LogP contribution in [0.2, 0.25) is 0 Å². The molecule has 81 heavy (non-hydrogen) atoms. The predicted molar refractivity (Wildman–Crippen MR) is 348 cm³/mol. The number of furan rings is 1. The first-order chi connectivity index (χ1) is 38.7. The lowest BCUT2D eigenvalue weighted by Crippen LogP contribution is -2.61. The van der Waals surface area contributed by atoms with Gasteiger partial charge in [-0.1, -0.05) is 223 Å². The van der Waals surface area contributed by atoms with Crippen molar-refractivity contribution in [2.24, 2.45) is 0 Å². The Morgan fingerprint density at radius 3 is 1.47 bits per heavy atom. The van der Waals surface area contributed by atoms with Crippen LogP contribution in [0.1, 0.15) is 105 Å². The van der Waals surface area contributed by atoms with Gasteiger partial charge in [0.1, 0.15) is 11.2 Å². The molecule has 13 rings (SSSR count). The van der Waals surface area contributed by atoms with E-state index in [1.165, 1.54) is 66.8 Å². The van der Waals surface area contributed by atoms with Crippen LogP contribution in [0, 0.1) is 0 Å². The van der Waals surface area contributed by atoms with Crippen molar-refractivity contribution in [2.45, 2.75) is 105 Å². The lowest BCUT2D eigenvalue weighted by atomic mass is 9.33. The first-order valence-electron chi connectivity index (χ1n) is 28.9. The molecule has 400 valence electrons. The average molecular weight is 1050 g/mol. The molecular weight excluding hydrogens is 982 g/mol. The fourth-order valence-corrected chi connectivity index (χ4v) is 12.6. The van der Waals surface area contributed by atoms with Crippen LogP contribution in [-0.2, 0) is 21.7 Å². The normalized spacial score (nSPS) is 13.4. The molecule has 0 spiro atoms. The van der Waals surface area contributed by atoms with E-state index >= 15 is 0 Å². The van der Waals surface area contributed by atoms with Gasteiger partial charge in [-0.2, -0.15) is 0 Å². The molecule has 3 heterocycles. The highest BCUT2D eigenvalue weighted by Gasteiger charge is 2.45. The molecule has 10 aromatic carbocycles. The Morgan fingerprint density at radius 2 is 0.864 bits per heavy atom. The summed E-state index contributed by atoms with van der Waals surface area (Å²) in [5.74, 6) is 0. The Labute approximate surface area is 480 Å². The Hall–Kier alpha value is -8.54. The van der Waals surface area contributed by atoms with Gasteiger partial charge in [-0.25, -0.2) is 0 Å². The van der Waals surface area contributed by atoms with E-state index in [2.05, 4.69) is 316 Å². The van der Waals surface area contributed by atoms with Crippen LogP contribution in [0.3, 0.4) is 0 Å². The van der Waals surface area contributed by atoms with Crippen LogP contribution < -0.4 is 31.1 Å². The summed E-state index contributed by atoms with van der Waals surface area (Å²) in [6.45, 7) is 27.5. The standard InChI is InChI=1S/C76H72BN3O/c1-73(2,3)52-32-38-56(39-33-52)78(55-23-17-14-18-24-55)59-42-43-64-67(48-59)80(57-36-29-50(30-37-57)60-25-19-26-61-62-27-20-28-63(76(10,11)12)72(62)81-71(60)61)69-47-54(75(7,8)9)46-68-70(69)77(64)65-45-51(49-21-15-13-16-22-49)31-44-66(65)79(68)58-40-34-53(35-41-58)74(4,5)6/h13-48H,1-12H3. The molecule has 0 unspecified atom stereocenters. The monoisotopic (exact) mass is 1050 g/mol. The number of para-hydroxylation sites is 3. The Balaban J connectivity index is 1.07. The zero-order valence-corrected chi connectivity index (χ0v) is 49.1. The van der Waals surface area contributed by atoms with E-state index in [1.54, 1.807) is 0 Å². The van der Waals surface area contributed by atoms with E-state index in [0.717, 1.165) is 67.2 Å². The molecule has 2 aliphatic heterocycles. The number of nitrogens with zero attached hydrogens (tertiary/aromatic N) is 3. The minimum atomic E-state index is -0.181. The summed E-state index contributed by atoms with van der Waals surface area (Å²) in [6.07, 6.45) is 0. The van der Waals surface area contributed by atoms with Crippen LogP contribution >= 0.6 is 0 Å². The molecule has 1 aromatic heterocycles. The molecule has 4 nitrogen and oxygen atoms in total. The molecule has 2 aliphatic rings. The summed E-state index contributed by atoms with van der Waals surface area (Å²) in [4.78, 5) is 7.55. The molecule has 0 saturated carbocycles. The maximum Gasteiger partial charge on any atom is 0.252 e. The molecule has 11 aromatic rings. The minimum Gasteiger partial charge on any atom is -0.455 e. The molecule has 0 amide bonds. The smallest absolute Gasteiger partial charge is 0.252 e. The Morgan fingerprint density at radius 1 is 0.346 bits per heavy atom. The lowest BCUT2D eigenvalue weighted by Gasteiger charge is -2.45. The van der Waals surface area contributed by atoms with Crippen molar-refractivity contribution >= 4 is 96.2 Å². The molecule has 0 bridgehead atoms. The maximum absolute atomic E-state index is 6.97. The number of rotatable bonds is 7. The minimum absolute atomic E-state index is 0.0122. The van der Waals surface area contributed by atoms with Gasteiger partial charge >= 0.3 is 0 Å². The maximum atomic E-state index is 6.97. The van der Waals surface area contributed by atoms with E-state index in [1.807, 2.05) is 0 Å². The van der Waals surface area contributed by atoms with Crippen molar-refractivity contribution in [3.8, 4) is 22.3 Å². The van der Waals surface area contributed by atoms with E-state index < -0.39 is 0 Å². The molecule has 0 saturated heterocycles. The van der Waals surface area contributed by atoms with Gasteiger partial charge in [-0.3, -0.25) is 0 Å². The zero-order chi connectivity index (χ0) is 56.3. The average Bonchev–Trinajstić information content (AvgIpc) is 3.79. The van der Waals surface area contributed by atoms with Gasteiger partial charge in [-0.05, 0) is 150 Å². The van der Waals surface area contributed by atoms with Crippen LogP contribution in [-0.4, -0.2) is 6.71 Å². The van der Waals surface area contributed by atoms with E-state index in [9.17, 15) is 0 Å². The molecule has 0 aliphatic carbocycles. The molecule has 0 N–H and O–H groups in total. The van der Waals surface area contributed by atoms with Crippen molar-refractivity contribution in [1.82, 2.24) is 0 Å². The third-order valence-electron chi connectivity index (χ3n) is 17.0. The van der Waals surface area contributed by atoms with Crippen LogP contribution in [0.25, 0.3) is 44.2 Å². The third-order valence-corrected chi connectivity index (χ3v) is 17.0. The van der Waals surface area contributed by atoms with Crippen molar-refractivity contribution < 1.29 is 4.42 Å². The Bertz CT molecular complexity index is 4190. The van der Waals surface area contributed by atoms with E-state index in [-0.39, 0.29) is 28.4 Å². The fraction of sp³-hybridized carbons (Fsp3) is 0.211. The van der Waals surface area contributed by atoms with E-state index in [4.69, 9.17) is 4.42 Å². The largest absolute Gasteiger partial charge is 0.455 e. The quantitative estimate of drug-likeness (QED) is 0.148. The number of anilines is 9. The second-order valence-electron chi connectivity index (χ2n) is 26.7. The van der Waals surface area contributed by atoms with Crippen molar-refractivity contribution in [3.05, 3.63) is 241 Å². The second-order valence-corrected chi connectivity index (χ2v) is 26.7. The van der Waals surface area contributed by atoms with Gasteiger partial charge < -0.3 is 19.1 Å². The summed E-state index contributed by atoms with van der Waals surface area (Å²) in [5, 5.41) is 2.29. The summed E-state index contributed by atoms with van der Waals surface area (Å²) < 4.78 is 6.97. The van der Waals surface area contributed by atoms with Gasteiger partial charge in [0.25, 0.3) is 6.71 Å². The van der Waals surface area contributed by atoms with Gasteiger partial charge in [0.2, 0.25) is 0 Å². The number of hydrogen-bond acceptors (Lipinski definition) is 4. The fourth-order valence-electron chi connectivity index (χ4n) is 12.6. The van der Waals surface area contributed by atoms with Crippen molar-refractivity contribution in [3.63, 3.8) is 0 Å². The molecule has 0 radical (unpaired) electrons. The van der Waals surface area contributed by atoms with Gasteiger partial charge in [0.15, 0.2) is 0 Å². The van der Waals surface area contributed by atoms with Crippen molar-refractivity contribution in [2.75, 3.05) is 14.7 Å². The highest BCUT2D eigenvalue weighted by atomic mass is 16.3. The second kappa shape index (κ2) is 19.1. The van der Waals surface area contributed by atoms with Gasteiger partial charge in [0, 0.05) is 73.1 Å². The number of hydrogen-bond donors (Lipinski definition) is 0. The van der Waals surface area contributed by atoms with Crippen LogP contribution in [0.4, 0.5) is 51.2 Å². The lowest BCUT2D eigenvalue weighted by molar-refractivity contribution is 0.573. The summed E-state index contributed by atoms with van der Waals surface area (Å²) in [6, 6.07) is 82.1. The number of fused-ring (bicyclic) bond motifs is 7. The molecule has 5 heteroatoms. The SMILES string of the molecule is CC(C)(C)c1ccc(N(c2ccccc2)c2ccc3c(c2)N(c2ccc(-c4cccc5c4oc4c(C(C)(C)C)cccc45)cc2)c2cc(C(C)(C)C)cc4c2B3c2cc(-c3ccccc3)ccc2N4c2ccc(C(C)(C)C)cc2)cc1. The number of benzene rings is 10. The third kappa shape index (κ3) is 9.03. The Kier molecular flexibility index (Phi) is 12.2. The highest BCUT2D eigenvalue weighted by Crippen LogP contribution is 2.49.